The molecule has 6 nitrogen and oxygen atoms in total. The third-order valence-corrected chi connectivity index (χ3v) is 2.73. The fraction of sp³-hybridized carbons (Fsp3) is 0. The Balaban J connectivity index is 1.76. The van der Waals surface area contributed by atoms with E-state index >= 15 is 0 Å². The van der Waals surface area contributed by atoms with Gasteiger partial charge in [-0.05, 0) is 36.4 Å². The van der Waals surface area contributed by atoms with Crippen LogP contribution in [0.1, 0.15) is 10.5 Å². The molecule has 7 heteroatoms. The smallest absolute Gasteiger partial charge is 0.276 e. The molecule has 0 aliphatic carbocycles. The highest BCUT2D eigenvalue weighted by Crippen LogP contribution is 2.16. The molecule has 104 valence electrons. The molecule has 0 saturated heterocycles. The van der Waals surface area contributed by atoms with E-state index in [1.54, 1.807) is 30.3 Å². The fourth-order valence-electron chi connectivity index (χ4n) is 1.72. The van der Waals surface area contributed by atoms with Gasteiger partial charge in [0.15, 0.2) is 5.82 Å². The van der Waals surface area contributed by atoms with Crippen molar-refractivity contribution < 1.29 is 9.18 Å². The van der Waals surface area contributed by atoms with E-state index in [4.69, 9.17) is 0 Å². The van der Waals surface area contributed by atoms with Crippen molar-refractivity contribution in [1.82, 2.24) is 20.2 Å². The van der Waals surface area contributed by atoms with Crippen LogP contribution in [-0.4, -0.2) is 26.1 Å². The highest BCUT2D eigenvalue weighted by molar-refractivity contribution is 6.01. The van der Waals surface area contributed by atoms with Gasteiger partial charge in [0, 0.05) is 11.8 Å². The number of aromatic nitrogens is 4. The zero-order chi connectivity index (χ0) is 14.7. The molecule has 0 saturated carbocycles. The van der Waals surface area contributed by atoms with Crippen LogP contribution in [0.4, 0.5) is 10.3 Å². The largest absolute Gasteiger partial charge is 0.288 e. The van der Waals surface area contributed by atoms with Crippen LogP contribution in [0.3, 0.4) is 0 Å². The van der Waals surface area contributed by atoms with Crippen molar-refractivity contribution in [3.8, 4) is 11.4 Å². The number of amides is 1. The predicted molar refractivity (Wildman–Crippen MR) is 74.0 cm³/mol. The molecule has 3 rings (SSSR count). The van der Waals surface area contributed by atoms with Crippen molar-refractivity contribution in [2.24, 2.45) is 0 Å². The zero-order valence-electron chi connectivity index (χ0n) is 10.7. The van der Waals surface area contributed by atoms with Gasteiger partial charge in [-0.1, -0.05) is 6.07 Å². The van der Waals surface area contributed by atoms with Crippen LogP contribution in [-0.2, 0) is 0 Å². The molecule has 0 unspecified atom stereocenters. The van der Waals surface area contributed by atoms with Crippen molar-refractivity contribution >= 4 is 11.9 Å². The van der Waals surface area contributed by atoms with Crippen LogP contribution in [0.2, 0.25) is 0 Å². The second-order valence-corrected chi connectivity index (χ2v) is 4.18. The van der Waals surface area contributed by atoms with Crippen LogP contribution in [0, 0.1) is 5.82 Å². The molecule has 1 aromatic carbocycles. The number of halogens is 1. The van der Waals surface area contributed by atoms with E-state index in [1.165, 1.54) is 18.3 Å². The third kappa shape index (κ3) is 2.92. The summed E-state index contributed by atoms with van der Waals surface area (Å²) < 4.78 is 12.9. The van der Waals surface area contributed by atoms with Gasteiger partial charge in [-0.2, -0.15) is 4.98 Å². The normalized spacial score (nSPS) is 10.3. The van der Waals surface area contributed by atoms with Gasteiger partial charge in [0.2, 0.25) is 5.95 Å². The first-order valence-electron chi connectivity index (χ1n) is 6.13. The minimum absolute atomic E-state index is 0.130. The molecule has 21 heavy (non-hydrogen) atoms. The second-order valence-electron chi connectivity index (χ2n) is 4.18. The number of carbonyl (C=O) groups is 1. The monoisotopic (exact) mass is 283 g/mol. The summed E-state index contributed by atoms with van der Waals surface area (Å²) >= 11 is 0. The average molecular weight is 283 g/mol. The third-order valence-electron chi connectivity index (χ3n) is 2.73. The maximum Gasteiger partial charge on any atom is 0.276 e. The molecule has 2 aromatic heterocycles. The summed E-state index contributed by atoms with van der Waals surface area (Å²) in [7, 11) is 0. The van der Waals surface area contributed by atoms with Gasteiger partial charge in [-0.3, -0.25) is 20.2 Å². The predicted octanol–water partition coefficient (Wildman–Crippen LogP) is 2.26. The fourth-order valence-corrected chi connectivity index (χ4v) is 1.72. The topological polar surface area (TPSA) is 83.6 Å². The number of nitrogens with one attached hydrogen (secondary N) is 2. The van der Waals surface area contributed by atoms with Gasteiger partial charge in [0.1, 0.15) is 11.5 Å². The van der Waals surface area contributed by atoms with Gasteiger partial charge in [-0.25, -0.2) is 4.39 Å². The van der Waals surface area contributed by atoms with E-state index in [9.17, 15) is 9.18 Å². The van der Waals surface area contributed by atoms with Crippen LogP contribution >= 0.6 is 0 Å². The quantitative estimate of drug-likeness (QED) is 0.772. The summed E-state index contributed by atoms with van der Waals surface area (Å²) in [5.41, 5.74) is 0.938. The number of rotatable bonds is 3. The number of benzene rings is 1. The molecule has 1 amide bonds. The molecular weight excluding hydrogens is 273 g/mol. The SMILES string of the molecule is O=C(Nc1n[nH]c(-c2ccc(F)cc2)n1)c1ccccn1. The molecule has 0 fully saturated rings. The first-order chi connectivity index (χ1) is 10.2. The molecule has 0 aliphatic heterocycles. The molecule has 0 spiro atoms. The highest BCUT2D eigenvalue weighted by atomic mass is 19.1. The van der Waals surface area contributed by atoms with E-state index in [-0.39, 0.29) is 17.5 Å². The number of anilines is 1. The molecule has 2 heterocycles. The number of aromatic amines is 1. The molecule has 0 aliphatic rings. The van der Waals surface area contributed by atoms with Crippen LogP contribution in [0.15, 0.2) is 48.7 Å². The van der Waals surface area contributed by atoms with E-state index in [0.29, 0.717) is 11.4 Å². The van der Waals surface area contributed by atoms with Crippen LogP contribution < -0.4 is 5.32 Å². The van der Waals surface area contributed by atoms with E-state index in [2.05, 4.69) is 25.5 Å². The Bertz CT molecular complexity index is 755. The molecule has 3 aromatic rings. The number of hydrogen-bond acceptors (Lipinski definition) is 4. The summed E-state index contributed by atoms with van der Waals surface area (Å²) in [4.78, 5) is 19.9. The van der Waals surface area contributed by atoms with Gasteiger partial charge < -0.3 is 0 Å². The minimum atomic E-state index is -0.403. The Morgan fingerprint density at radius 1 is 1.14 bits per heavy atom. The van der Waals surface area contributed by atoms with Crippen molar-refractivity contribution in [3.05, 3.63) is 60.2 Å². The van der Waals surface area contributed by atoms with Crippen molar-refractivity contribution in [3.63, 3.8) is 0 Å². The summed E-state index contributed by atoms with van der Waals surface area (Å²) in [6.07, 6.45) is 1.52. The Kier molecular flexibility index (Phi) is 3.38. The second kappa shape index (κ2) is 5.49. The number of H-pyrrole nitrogens is 1. The molecule has 0 atom stereocenters. The van der Waals surface area contributed by atoms with Crippen molar-refractivity contribution in [2.75, 3.05) is 5.32 Å². The summed E-state index contributed by atoms with van der Waals surface area (Å²) in [5.74, 6) is -0.168. The first kappa shape index (κ1) is 12.9. The molecule has 0 bridgehead atoms. The Labute approximate surface area is 119 Å². The Morgan fingerprint density at radius 2 is 1.95 bits per heavy atom. The highest BCUT2D eigenvalue weighted by Gasteiger charge is 2.11. The molecular formula is C14H10FN5O. The average Bonchev–Trinajstić information content (AvgIpc) is 2.97. The number of hydrogen-bond donors (Lipinski definition) is 2. The van der Waals surface area contributed by atoms with E-state index in [1.807, 2.05) is 0 Å². The van der Waals surface area contributed by atoms with Gasteiger partial charge >= 0.3 is 0 Å². The lowest BCUT2D eigenvalue weighted by molar-refractivity contribution is 0.102. The molecule has 0 radical (unpaired) electrons. The maximum atomic E-state index is 12.9. The Morgan fingerprint density at radius 3 is 2.67 bits per heavy atom. The summed E-state index contributed by atoms with van der Waals surface area (Å²) in [6.45, 7) is 0. The Hall–Kier alpha value is -3.09. The lowest BCUT2D eigenvalue weighted by Gasteiger charge is -1.98. The van der Waals surface area contributed by atoms with E-state index < -0.39 is 5.91 Å². The van der Waals surface area contributed by atoms with Crippen molar-refractivity contribution in [1.29, 1.82) is 0 Å². The van der Waals surface area contributed by atoms with Gasteiger partial charge in [0.25, 0.3) is 5.91 Å². The lowest BCUT2D eigenvalue weighted by Crippen LogP contribution is -2.14. The van der Waals surface area contributed by atoms with Crippen LogP contribution in [0.25, 0.3) is 11.4 Å². The zero-order valence-corrected chi connectivity index (χ0v) is 10.7. The van der Waals surface area contributed by atoms with Gasteiger partial charge in [0.05, 0.1) is 0 Å². The lowest BCUT2D eigenvalue weighted by atomic mass is 10.2. The van der Waals surface area contributed by atoms with E-state index in [0.717, 1.165) is 0 Å². The number of nitrogens with zero attached hydrogens (tertiary/aromatic N) is 3. The summed E-state index contributed by atoms with van der Waals surface area (Å²) in [5, 5.41) is 9.10. The van der Waals surface area contributed by atoms with Crippen LogP contribution in [0.5, 0.6) is 0 Å². The van der Waals surface area contributed by atoms with Gasteiger partial charge in [-0.15, -0.1) is 5.10 Å². The number of carbonyl (C=O) groups excluding carboxylic acids is 1. The summed E-state index contributed by atoms with van der Waals surface area (Å²) in [6, 6.07) is 10.8. The molecule has 2 N–H and O–H groups in total. The number of pyridine rings is 1. The standard InChI is InChI=1S/C14H10FN5O/c15-10-6-4-9(5-7-10)12-17-14(20-19-12)18-13(21)11-3-1-2-8-16-11/h1-8H,(H2,17,18,19,20,21). The minimum Gasteiger partial charge on any atom is -0.288 e. The van der Waals surface area contributed by atoms with Crippen molar-refractivity contribution in [2.45, 2.75) is 0 Å². The maximum absolute atomic E-state index is 12.9. The first-order valence-corrected chi connectivity index (χ1v) is 6.13.